The second-order valence-electron chi connectivity index (χ2n) is 4.86. The third-order valence-corrected chi connectivity index (χ3v) is 3.32. The lowest BCUT2D eigenvalue weighted by atomic mass is 9.95. The molecule has 2 aromatic carbocycles. The van der Waals surface area contributed by atoms with Crippen LogP contribution in [0.25, 0.3) is 0 Å². The summed E-state index contributed by atoms with van der Waals surface area (Å²) in [5.41, 5.74) is 2.70. The van der Waals surface area contributed by atoms with E-state index in [2.05, 4.69) is 0 Å². The summed E-state index contributed by atoms with van der Waals surface area (Å²) < 4.78 is 27.4. The van der Waals surface area contributed by atoms with E-state index >= 15 is 0 Å². The quantitative estimate of drug-likeness (QED) is 0.868. The third-order valence-electron chi connectivity index (χ3n) is 3.32. The summed E-state index contributed by atoms with van der Waals surface area (Å²) in [7, 11) is 0. The Morgan fingerprint density at radius 2 is 1.47 bits per heavy atom. The second-order valence-corrected chi connectivity index (χ2v) is 4.86. The fraction of sp³-hybridized carbons (Fsp3) is 0.250. The largest absolute Gasteiger partial charge is 0.384 e. The molecule has 0 aliphatic heterocycles. The minimum absolute atomic E-state index is 0.0324. The van der Waals surface area contributed by atoms with Gasteiger partial charge in [-0.25, -0.2) is 8.78 Å². The molecule has 1 atom stereocenters. The maximum atomic E-state index is 13.9. The molecule has 2 rings (SSSR count). The van der Waals surface area contributed by atoms with Gasteiger partial charge >= 0.3 is 0 Å². The van der Waals surface area contributed by atoms with Gasteiger partial charge in [-0.15, -0.1) is 0 Å². The molecule has 0 aliphatic carbocycles. The van der Waals surface area contributed by atoms with Crippen LogP contribution in [-0.4, -0.2) is 5.11 Å². The standard InChI is InChI=1S/C16H16F2O/c1-9-4-6-12(11(3)8-9)16(19)13-7-5-10(2)14(17)15(13)18/h4-8,16,19H,1-3H3. The number of aryl methyl sites for hydroxylation is 3. The minimum atomic E-state index is -1.16. The zero-order chi connectivity index (χ0) is 14.2. The van der Waals surface area contributed by atoms with Crippen LogP contribution < -0.4 is 0 Å². The fourth-order valence-corrected chi connectivity index (χ4v) is 2.17. The second kappa shape index (κ2) is 5.10. The van der Waals surface area contributed by atoms with Crippen molar-refractivity contribution in [3.8, 4) is 0 Å². The Labute approximate surface area is 111 Å². The van der Waals surface area contributed by atoms with Crippen molar-refractivity contribution < 1.29 is 13.9 Å². The normalized spacial score (nSPS) is 12.5. The highest BCUT2D eigenvalue weighted by Crippen LogP contribution is 2.29. The molecular formula is C16H16F2O. The molecule has 0 radical (unpaired) electrons. The van der Waals surface area contributed by atoms with E-state index < -0.39 is 17.7 Å². The molecule has 1 unspecified atom stereocenters. The molecular weight excluding hydrogens is 246 g/mol. The van der Waals surface area contributed by atoms with Crippen molar-refractivity contribution in [1.29, 1.82) is 0 Å². The average molecular weight is 262 g/mol. The molecule has 0 amide bonds. The van der Waals surface area contributed by atoms with Crippen LogP contribution in [0.2, 0.25) is 0 Å². The van der Waals surface area contributed by atoms with E-state index in [4.69, 9.17) is 0 Å². The fourth-order valence-electron chi connectivity index (χ4n) is 2.17. The Bertz CT molecular complexity index is 620. The number of hydrogen-bond acceptors (Lipinski definition) is 1. The molecule has 0 saturated heterocycles. The molecule has 3 heteroatoms. The molecule has 0 aromatic heterocycles. The van der Waals surface area contributed by atoms with Gasteiger partial charge in [0.1, 0.15) is 6.10 Å². The van der Waals surface area contributed by atoms with Gasteiger partial charge < -0.3 is 5.11 Å². The van der Waals surface area contributed by atoms with Crippen molar-refractivity contribution in [3.05, 3.63) is 69.8 Å². The van der Waals surface area contributed by atoms with E-state index in [1.807, 2.05) is 26.0 Å². The van der Waals surface area contributed by atoms with Crippen LogP contribution >= 0.6 is 0 Å². The molecule has 100 valence electrons. The molecule has 0 bridgehead atoms. The number of aliphatic hydroxyl groups is 1. The van der Waals surface area contributed by atoms with Gasteiger partial charge in [-0.05, 0) is 37.5 Å². The molecule has 0 spiro atoms. The summed E-state index contributed by atoms with van der Waals surface area (Å²) in [6, 6.07) is 8.39. The van der Waals surface area contributed by atoms with Gasteiger partial charge in [0.05, 0.1) is 0 Å². The predicted octanol–water partition coefficient (Wildman–Crippen LogP) is 3.97. The highest BCUT2D eigenvalue weighted by atomic mass is 19.2. The van der Waals surface area contributed by atoms with Crippen molar-refractivity contribution >= 4 is 0 Å². The first-order chi connectivity index (χ1) is 8.91. The Morgan fingerprint density at radius 3 is 2.11 bits per heavy atom. The van der Waals surface area contributed by atoms with E-state index in [0.717, 1.165) is 11.1 Å². The first kappa shape index (κ1) is 13.7. The van der Waals surface area contributed by atoms with E-state index in [-0.39, 0.29) is 11.1 Å². The Morgan fingerprint density at radius 1 is 0.842 bits per heavy atom. The lowest BCUT2D eigenvalue weighted by Gasteiger charge is -2.16. The van der Waals surface area contributed by atoms with Gasteiger partial charge in [0, 0.05) is 5.56 Å². The Hall–Kier alpha value is -1.74. The monoisotopic (exact) mass is 262 g/mol. The van der Waals surface area contributed by atoms with Gasteiger partial charge in [-0.1, -0.05) is 35.9 Å². The van der Waals surface area contributed by atoms with E-state index in [1.54, 1.807) is 6.07 Å². The van der Waals surface area contributed by atoms with Crippen LogP contribution in [-0.2, 0) is 0 Å². The average Bonchev–Trinajstić information content (AvgIpc) is 2.35. The van der Waals surface area contributed by atoms with Crippen LogP contribution in [0.4, 0.5) is 8.78 Å². The van der Waals surface area contributed by atoms with Gasteiger partial charge in [0.2, 0.25) is 0 Å². The van der Waals surface area contributed by atoms with Crippen LogP contribution in [0.3, 0.4) is 0 Å². The first-order valence-electron chi connectivity index (χ1n) is 6.11. The zero-order valence-corrected chi connectivity index (χ0v) is 11.2. The predicted molar refractivity (Wildman–Crippen MR) is 71.1 cm³/mol. The molecule has 0 fully saturated rings. The summed E-state index contributed by atoms with van der Waals surface area (Å²) >= 11 is 0. The van der Waals surface area contributed by atoms with Gasteiger partial charge in [0.25, 0.3) is 0 Å². The van der Waals surface area contributed by atoms with Gasteiger partial charge in [-0.3, -0.25) is 0 Å². The van der Waals surface area contributed by atoms with Crippen LogP contribution in [0.15, 0.2) is 30.3 Å². The van der Waals surface area contributed by atoms with Crippen LogP contribution in [0.1, 0.15) is 33.9 Å². The maximum absolute atomic E-state index is 13.9. The smallest absolute Gasteiger partial charge is 0.165 e. The minimum Gasteiger partial charge on any atom is -0.384 e. The number of halogens is 2. The Balaban J connectivity index is 2.50. The van der Waals surface area contributed by atoms with Crippen molar-refractivity contribution in [2.75, 3.05) is 0 Å². The molecule has 0 aliphatic rings. The molecule has 2 aromatic rings. The number of benzene rings is 2. The summed E-state index contributed by atoms with van der Waals surface area (Å²) in [5, 5.41) is 10.3. The van der Waals surface area contributed by atoms with Gasteiger partial charge in [0.15, 0.2) is 11.6 Å². The highest BCUT2D eigenvalue weighted by molar-refractivity contribution is 5.39. The Kier molecular flexibility index (Phi) is 3.67. The third kappa shape index (κ3) is 2.51. The van der Waals surface area contributed by atoms with Crippen molar-refractivity contribution in [1.82, 2.24) is 0 Å². The van der Waals surface area contributed by atoms with Crippen LogP contribution in [0.5, 0.6) is 0 Å². The van der Waals surface area contributed by atoms with Gasteiger partial charge in [-0.2, -0.15) is 0 Å². The lowest BCUT2D eigenvalue weighted by molar-refractivity contribution is 0.212. The number of rotatable bonds is 2. The molecule has 0 heterocycles. The first-order valence-corrected chi connectivity index (χ1v) is 6.11. The van der Waals surface area contributed by atoms with E-state index in [9.17, 15) is 13.9 Å². The molecule has 1 N–H and O–H groups in total. The topological polar surface area (TPSA) is 20.2 Å². The summed E-state index contributed by atoms with van der Waals surface area (Å²) in [5.74, 6) is -1.88. The van der Waals surface area contributed by atoms with Crippen molar-refractivity contribution in [2.45, 2.75) is 26.9 Å². The van der Waals surface area contributed by atoms with E-state index in [0.29, 0.717) is 5.56 Å². The highest BCUT2D eigenvalue weighted by Gasteiger charge is 2.20. The zero-order valence-electron chi connectivity index (χ0n) is 11.2. The summed E-state index contributed by atoms with van der Waals surface area (Å²) in [4.78, 5) is 0. The molecule has 0 saturated carbocycles. The lowest BCUT2D eigenvalue weighted by Crippen LogP contribution is -2.07. The maximum Gasteiger partial charge on any atom is 0.165 e. The van der Waals surface area contributed by atoms with Crippen LogP contribution in [0, 0.1) is 32.4 Å². The molecule has 1 nitrogen and oxygen atoms in total. The SMILES string of the molecule is Cc1ccc(C(O)c2ccc(C)c(F)c2F)c(C)c1. The summed E-state index contributed by atoms with van der Waals surface area (Å²) in [6.07, 6.45) is -1.16. The molecule has 19 heavy (non-hydrogen) atoms. The number of aliphatic hydroxyl groups excluding tert-OH is 1. The van der Waals surface area contributed by atoms with E-state index in [1.165, 1.54) is 19.1 Å². The summed E-state index contributed by atoms with van der Waals surface area (Å²) in [6.45, 7) is 5.27. The van der Waals surface area contributed by atoms with Crippen molar-refractivity contribution in [3.63, 3.8) is 0 Å². The van der Waals surface area contributed by atoms with Crippen molar-refractivity contribution in [2.24, 2.45) is 0 Å². The number of hydrogen-bond donors (Lipinski definition) is 1.